The predicted octanol–water partition coefficient (Wildman–Crippen LogP) is 2.55. The van der Waals surface area contributed by atoms with Crippen LogP contribution < -0.4 is 16.6 Å². The lowest BCUT2D eigenvalue weighted by atomic mass is 10.1. The summed E-state index contributed by atoms with van der Waals surface area (Å²) in [6.45, 7) is 6.53. The second kappa shape index (κ2) is 8.99. The summed E-state index contributed by atoms with van der Waals surface area (Å²) in [5.74, 6) is -0.778. The maximum absolute atomic E-state index is 13.1. The molecule has 1 amide bonds. The van der Waals surface area contributed by atoms with Crippen LogP contribution in [-0.2, 0) is 13.6 Å². The van der Waals surface area contributed by atoms with Crippen LogP contribution in [0.15, 0.2) is 32.2 Å². The van der Waals surface area contributed by atoms with E-state index in [0.29, 0.717) is 51.0 Å². The lowest BCUT2D eigenvalue weighted by Gasteiger charge is -2.10. The monoisotopic (exact) mass is 482 g/mol. The molecule has 3 heterocycles. The number of oxazole rings is 1. The SMILES string of the molecule is Cc1nc(-c2c(C)c(C)nn(C)c2=O)sc1C(=O)Nc1ccc2oc(=O)n(CCN(C)C)c2c1. The number of aromatic nitrogens is 4. The Morgan fingerprint density at radius 2 is 1.91 bits per heavy atom. The van der Waals surface area contributed by atoms with Gasteiger partial charge in [0.1, 0.15) is 9.88 Å². The summed E-state index contributed by atoms with van der Waals surface area (Å²) in [7, 11) is 5.45. The number of aryl methyl sites for hydroxylation is 3. The van der Waals surface area contributed by atoms with Crippen LogP contribution >= 0.6 is 11.3 Å². The molecule has 0 unspecified atom stereocenters. The van der Waals surface area contributed by atoms with Crippen LogP contribution in [0.3, 0.4) is 0 Å². The molecule has 10 nitrogen and oxygen atoms in total. The Balaban J connectivity index is 1.66. The van der Waals surface area contributed by atoms with Crippen LogP contribution in [-0.4, -0.2) is 50.8 Å². The molecular formula is C23H26N6O4S. The van der Waals surface area contributed by atoms with E-state index < -0.39 is 5.76 Å². The van der Waals surface area contributed by atoms with Crippen molar-refractivity contribution in [1.82, 2.24) is 24.2 Å². The molecule has 0 radical (unpaired) electrons. The Morgan fingerprint density at radius 1 is 1.18 bits per heavy atom. The Hall–Kier alpha value is -3.57. The molecule has 0 aliphatic carbocycles. The van der Waals surface area contributed by atoms with E-state index in [1.54, 1.807) is 36.7 Å². The van der Waals surface area contributed by atoms with E-state index in [4.69, 9.17) is 4.42 Å². The van der Waals surface area contributed by atoms with Gasteiger partial charge in [0.25, 0.3) is 11.5 Å². The average Bonchev–Trinajstić information content (AvgIpc) is 3.29. The van der Waals surface area contributed by atoms with Crippen molar-refractivity contribution in [2.45, 2.75) is 27.3 Å². The number of fused-ring (bicyclic) bond motifs is 1. The first kappa shape index (κ1) is 23.6. The number of hydrogen-bond acceptors (Lipinski definition) is 8. The molecule has 0 spiro atoms. The van der Waals surface area contributed by atoms with Gasteiger partial charge in [0.05, 0.1) is 22.5 Å². The minimum atomic E-state index is -0.437. The Labute approximate surface area is 199 Å². The molecule has 0 atom stereocenters. The number of thiazole rings is 1. The smallest absolute Gasteiger partial charge is 0.408 e. The van der Waals surface area contributed by atoms with E-state index in [-0.39, 0.29) is 11.5 Å². The normalized spacial score (nSPS) is 11.5. The third-order valence-electron chi connectivity index (χ3n) is 5.64. The van der Waals surface area contributed by atoms with E-state index in [1.165, 1.54) is 4.68 Å². The van der Waals surface area contributed by atoms with Gasteiger partial charge in [-0.15, -0.1) is 11.3 Å². The molecule has 0 saturated carbocycles. The highest BCUT2D eigenvalue weighted by molar-refractivity contribution is 7.17. The second-order valence-corrected chi connectivity index (χ2v) is 9.41. The van der Waals surface area contributed by atoms with Crippen LogP contribution in [0.4, 0.5) is 5.69 Å². The molecule has 3 aromatic heterocycles. The summed E-state index contributed by atoms with van der Waals surface area (Å²) in [5, 5.41) is 7.56. The van der Waals surface area contributed by atoms with Gasteiger partial charge >= 0.3 is 5.76 Å². The first-order valence-electron chi connectivity index (χ1n) is 10.7. The zero-order chi connectivity index (χ0) is 24.7. The fourth-order valence-electron chi connectivity index (χ4n) is 3.65. The molecule has 0 fully saturated rings. The lowest BCUT2D eigenvalue weighted by molar-refractivity contribution is 0.103. The lowest BCUT2D eigenvalue weighted by Crippen LogP contribution is -2.23. The van der Waals surface area contributed by atoms with Gasteiger partial charge in [0, 0.05) is 25.8 Å². The number of anilines is 1. The zero-order valence-corrected chi connectivity index (χ0v) is 20.7. The highest BCUT2D eigenvalue weighted by atomic mass is 32.1. The Kier molecular flexibility index (Phi) is 6.24. The van der Waals surface area contributed by atoms with Crippen molar-refractivity contribution in [3.05, 3.63) is 60.9 Å². The highest BCUT2D eigenvalue weighted by Crippen LogP contribution is 2.29. The number of nitrogens with one attached hydrogen (secondary N) is 1. The number of carbonyl (C=O) groups is 1. The maximum Gasteiger partial charge on any atom is 0.419 e. The molecule has 0 saturated heterocycles. The zero-order valence-electron chi connectivity index (χ0n) is 19.9. The number of likely N-dealkylation sites (N-methyl/N-ethyl adjacent to an activating group) is 1. The van der Waals surface area contributed by atoms with Crippen LogP contribution in [0.2, 0.25) is 0 Å². The van der Waals surface area contributed by atoms with Crippen molar-refractivity contribution >= 4 is 34.0 Å². The first-order valence-corrected chi connectivity index (χ1v) is 11.5. The summed E-state index contributed by atoms with van der Waals surface area (Å²) in [6.07, 6.45) is 0. The fourth-order valence-corrected chi connectivity index (χ4v) is 4.71. The van der Waals surface area contributed by atoms with Crippen molar-refractivity contribution in [2.24, 2.45) is 7.05 Å². The van der Waals surface area contributed by atoms with Crippen molar-refractivity contribution < 1.29 is 9.21 Å². The first-order chi connectivity index (χ1) is 16.1. The summed E-state index contributed by atoms with van der Waals surface area (Å²) < 4.78 is 8.15. The summed E-state index contributed by atoms with van der Waals surface area (Å²) in [6, 6.07) is 5.07. The Bertz CT molecular complexity index is 1520. The van der Waals surface area contributed by atoms with Gasteiger partial charge in [-0.2, -0.15) is 5.10 Å². The van der Waals surface area contributed by atoms with E-state index in [0.717, 1.165) is 22.6 Å². The molecule has 0 aliphatic heterocycles. The van der Waals surface area contributed by atoms with Gasteiger partial charge in [-0.25, -0.2) is 14.5 Å². The fraction of sp³-hybridized carbons (Fsp3) is 0.348. The molecule has 1 aromatic carbocycles. The van der Waals surface area contributed by atoms with Crippen LogP contribution in [0, 0.1) is 20.8 Å². The van der Waals surface area contributed by atoms with Gasteiger partial charge in [-0.05, 0) is 58.6 Å². The standard InChI is InChI=1S/C23H26N6O4S/c1-12-13(2)26-28(6)22(31)18(12)21-24-14(3)19(34-21)20(30)25-15-7-8-17-16(11-15)29(23(32)33-17)10-9-27(4)5/h7-8,11H,9-10H2,1-6H3,(H,25,30). The van der Waals surface area contributed by atoms with Crippen molar-refractivity contribution in [3.63, 3.8) is 0 Å². The van der Waals surface area contributed by atoms with E-state index in [2.05, 4.69) is 15.4 Å². The predicted molar refractivity (Wildman–Crippen MR) is 132 cm³/mol. The van der Waals surface area contributed by atoms with Crippen molar-refractivity contribution in [3.8, 4) is 10.6 Å². The van der Waals surface area contributed by atoms with E-state index in [1.807, 2.05) is 32.8 Å². The van der Waals surface area contributed by atoms with Crippen LogP contribution in [0.1, 0.15) is 26.6 Å². The van der Waals surface area contributed by atoms with Crippen LogP contribution in [0.5, 0.6) is 0 Å². The number of nitrogens with zero attached hydrogens (tertiary/aromatic N) is 5. The van der Waals surface area contributed by atoms with E-state index in [9.17, 15) is 14.4 Å². The van der Waals surface area contributed by atoms with Crippen molar-refractivity contribution in [2.75, 3.05) is 26.0 Å². The topological polar surface area (TPSA) is 115 Å². The molecule has 34 heavy (non-hydrogen) atoms. The molecule has 178 valence electrons. The molecule has 1 N–H and O–H groups in total. The van der Waals surface area contributed by atoms with Gasteiger partial charge in [0.15, 0.2) is 5.58 Å². The molecular weight excluding hydrogens is 456 g/mol. The minimum Gasteiger partial charge on any atom is -0.408 e. The van der Waals surface area contributed by atoms with Crippen LogP contribution in [0.25, 0.3) is 21.7 Å². The quantitative estimate of drug-likeness (QED) is 0.449. The van der Waals surface area contributed by atoms with Gasteiger partial charge < -0.3 is 14.6 Å². The van der Waals surface area contributed by atoms with Gasteiger partial charge in [0.2, 0.25) is 0 Å². The second-order valence-electron chi connectivity index (χ2n) is 8.41. The Morgan fingerprint density at radius 3 is 2.62 bits per heavy atom. The molecule has 0 aliphatic rings. The van der Waals surface area contributed by atoms with Gasteiger partial charge in [-0.3, -0.25) is 14.2 Å². The average molecular weight is 483 g/mol. The molecule has 0 bridgehead atoms. The van der Waals surface area contributed by atoms with E-state index >= 15 is 0 Å². The summed E-state index contributed by atoms with van der Waals surface area (Å²) in [5.41, 5.74) is 3.78. The third kappa shape index (κ3) is 4.31. The number of carbonyl (C=O) groups excluding carboxylic acids is 1. The summed E-state index contributed by atoms with van der Waals surface area (Å²) >= 11 is 1.16. The maximum atomic E-state index is 13.1. The largest absolute Gasteiger partial charge is 0.419 e. The number of hydrogen-bond donors (Lipinski definition) is 1. The number of amides is 1. The molecule has 4 aromatic rings. The molecule has 4 rings (SSSR count). The minimum absolute atomic E-state index is 0.259. The van der Waals surface area contributed by atoms with Crippen molar-refractivity contribution in [1.29, 1.82) is 0 Å². The number of benzene rings is 1. The van der Waals surface area contributed by atoms with Gasteiger partial charge in [-0.1, -0.05) is 0 Å². The highest BCUT2D eigenvalue weighted by Gasteiger charge is 2.21. The third-order valence-corrected chi connectivity index (χ3v) is 6.81. The number of rotatable bonds is 6. The molecule has 11 heteroatoms. The summed E-state index contributed by atoms with van der Waals surface area (Å²) in [4.78, 5) is 44.9.